The average Bonchev–Trinajstić information content (AvgIpc) is 3.25. The van der Waals surface area contributed by atoms with E-state index >= 15 is 0 Å². The zero-order valence-corrected chi connectivity index (χ0v) is 16.3. The SMILES string of the molecule is CCC(=O)c1cc(COc2nnc(Nc3ccc(Cl)cc3)c3ccoc23)ccn1. The Hall–Kier alpha value is -3.45. The maximum absolute atomic E-state index is 11.8. The van der Waals surface area contributed by atoms with Gasteiger partial charge >= 0.3 is 0 Å². The van der Waals surface area contributed by atoms with Crippen LogP contribution in [-0.2, 0) is 6.61 Å². The summed E-state index contributed by atoms with van der Waals surface area (Å²) in [5.41, 5.74) is 2.53. The molecule has 0 radical (unpaired) electrons. The van der Waals surface area contributed by atoms with Crippen LogP contribution in [-0.4, -0.2) is 21.0 Å². The van der Waals surface area contributed by atoms with Gasteiger partial charge in [-0.1, -0.05) is 18.5 Å². The fourth-order valence-electron chi connectivity index (χ4n) is 2.76. The second kappa shape index (κ2) is 8.28. The number of ether oxygens (including phenoxy) is 1. The first-order valence-corrected chi connectivity index (χ1v) is 9.39. The number of hydrogen-bond donors (Lipinski definition) is 1. The van der Waals surface area contributed by atoms with Gasteiger partial charge in [0.1, 0.15) is 12.3 Å². The Kier molecular flexibility index (Phi) is 5.39. The van der Waals surface area contributed by atoms with Gasteiger partial charge in [0.05, 0.1) is 11.6 Å². The lowest BCUT2D eigenvalue weighted by atomic mass is 10.1. The van der Waals surface area contributed by atoms with Crippen LogP contribution in [0.5, 0.6) is 5.88 Å². The molecular weight excluding hydrogens is 392 g/mol. The molecule has 0 saturated carbocycles. The summed E-state index contributed by atoms with van der Waals surface area (Å²) < 4.78 is 11.4. The molecule has 0 atom stereocenters. The largest absolute Gasteiger partial charge is 0.469 e. The summed E-state index contributed by atoms with van der Waals surface area (Å²) in [6.07, 6.45) is 3.55. The van der Waals surface area contributed by atoms with Crippen LogP contribution < -0.4 is 10.1 Å². The van der Waals surface area contributed by atoms with Crippen LogP contribution in [0.4, 0.5) is 11.5 Å². The summed E-state index contributed by atoms with van der Waals surface area (Å²) >= 11 is 5.92. The number of rotatable bonds is 7. The topological polar surface area (TPSA) is 90.1 Å². The van der Waals surface area contributed by atoms with Gasteiger partial charge in [-0.3, -0.25) is 9.78 Å². The van der Waals surface area contributed by atoms with E-state index in [0.717, 1.165) is 16.6 Å². The fraction of sp³-hybridized carbons (Fsp3) is 0.143. The van der Waals surface area contributed by atoms with Gasteiger partial charge in [0.2, 0.25) is 5.58 Å². The molecule has 7 nitrogen and oxygen atoms in total. The number of ketones is 1. The van der Waals surface area contributed by atoms with Crippen molar-refractivity contribution in [1.29, 1.82) is 0 Å². The molecule has 0 bridgehead atoms. The van der Waals surface area contributed by atoms with Crippen molar-refractivity contribution in [2.24, 2.45) is 0 Å². The lowest BCUT2D eigenvalue weighted by molar-refractivity contribution is 0.0983. The number of carbonyl (C=O) groups excluding carboxylic acids is 1. The fourth-order valence-corrected chi connectivity index (χ4v) is 2.89. The summed E-state index contributed by atoms with van der Waals surface area (Å²) in [5, 5.41) is 13.0. The van der Waals surface area contributed by atoms with Crippen LogP contribution in [0, 0.1) is 0 Å². The van der Waals surface area contributed by atoms with E-state index in [-0.39, 0.29) is 18.3 Å². The van der Waals surface area contributed by atoms with Crippen LogP contribution in [0.1, 0.15) is 29.4 Å². The molecule has 29 heavy (non-hydrogen) atoms. The van der Waals surface area contributed by atoms with Crippen LogP contribution in [0.2, 0.25) is 5.02 Å². The third-order valence-electron chi connectivity index (χ3n) is 4.27. The zero-order valence-electron chi connectivity index (χ0n) is 15.6. The molecule has 4 rings (SSSR count). The van der Waals surface area contributed by atoms with Crippen LogP contribution >= 0.6 is 11.6 Å². The van der Waals surface area contributed by atoms with E-state index in [4.69, 9.17) is 20.8 Å². The van der Waals surface area contributed by atoms with Crippen LogP contribution in [0.15, 0.2) is 59.3 Å². The standard InChI is InChI=1S/C21H17ClN4O3/c1-2-18(27)17-11-13(7-9-23-17)12-29-21-19-16(8-10-28-19)20(25-26-21)24-15-5-3-14(22)4-6-15/h3-11H,2,12H2,1H3,(H,24,25). The Morgan fingerprint density at radius 1 is 1.17 bits per heavy atom. The Morgan fingerprint density at radius 2 is 2.00 bits per heavy atom. The van der Waals surface area contributed by atoms with Gasteiger partial charge in [-0.15, -0.1) is 10.2 Å². The molecule has 4 aromatic rings. The molecule has 1 aromatic carbocycles. The molecule has 8 heteroatoms. The maximum atomic E-state index is 11.8. The van der Waals surface area contributed by atoms with Crippen LogP contribution in [0.25, 0.3) is 11.0 Å². The van der Waals surface area contributed by atoms with Gasteiger partial charge in [0.15, 0.2) is 11.6 Å². The molecule has 0 amide bonds. The number of aromatic nitrogens is 3. The summed E-state index contributed by atoms with van der Waals surface area (Å²) in [6.45, 7) is 2.01. The lowest BCUT2D eigenvalue weighted by Crippen LogP contribution is -2.04. The van der Waals surface area contributed by atoms with Gasteiger partial charge in [-0.25, -0.2) is 0 Å². The highest BCUT2D eigenvalue weighted by molar-refractivity contribution is 6.30. The monoisotopic (exact) mass is 408 g/mol. The number of fused-ring (bicyclic) bond motifs is 1. The number of nitrogens with one attached hydrogen (secondary N) is 1. The highest BCUT2D eigenvalue weighted by Gasteiger charge is 2.14. The summed E-state index contributed by atoms with van der Waals surface area (Å²) in [7, 11) is 0. The van der Waals surface area contributed by atoms with Gasteiger partial charge in [-0.2, -0.15) is 0 Å². The number of carbonyl (C=O) groups is 1. The minimum Gasteiger partial charge on any atom is -0.469 e. The summed E-state index contributed by atoms with van der Waals surface area (Å²) in [6, 6.07) is 12.6. The van der Waals surface area contributed by atoms with Crippen molar-refractivity contribution < 1.29 is 13.9 Å². The molecule has 3 heterocycles. The van der Waals surface area contributed by atoms with Crippen molar-refractivity contribution in [2.75, 3.05) is 5.32 Å². The number of hydrogen-bond acceptors (Lipinski definition) is 7. The number of Topliss-reactive ketones (excluding diaryl/α,β-unsaturated/α-hetero) is 1. The first-order chi connectivity index (χ1) is 14.1. The second-order valence-electron chi connectivity index (χ2n) is 6.26. The molecule has 0 aliphatic rings. The minimum atomic E-state index is -0.0160. The van der Waals surface area contributed by atoms with Crippen LogP contribution in [0.3, 0.4) is 0 Å². The second-order valence-corrected chi connectivity index (χ2v) is 6.70. The Bertz CT molecular complexity index is 1160. The van der Waals surface area contributed by atoms with Crippen molar-refractivity contribution in [1.82, 2.24) is 15.2 Å². The molecule has 3 aromatic heterocycles. The Morgan fingerprint density at radius 3 is 2.79 bits per heavy atom. The third kappa shape index (κ3) is 4.20. The predicted octanol–water partition coefficient (Wildman–Crippen LogP) is 5.19. The molecule has 0 fully saturated rings. The van der Waals surface area contributed by atoms with Crippen molar-refractivity contribution >= 4 is 39.9 Å². The van der Waals surface area contributed by atoms with Gasteiger partial charge < -0.3 is 14.5 Å². The highest BCUT2D eigenvalue weighted by Crippen LogP contribution is 2.31. The number of halogens is 1. The number of furan rings is 1. The van der Waals surface area contributed by atoms with Crippen molar-refractivity contribution in [3.63, 3.8) is 0 Å². The zero-order chi connectivity index (χ0) is 20.2. The summed E-state index contributed by atoms with van der Waals surface area (Å²) in [5.74, 6) is 0.799. The van der Waals surface area contributed by atoms with Crippen molar-refractivity contribution in [2.45, 2.75) is 20.0 Å². The lowest BCUT2D eigenvalue weighted by Gasteiger charge is -2.09. The molecule has 0 aliphatic heterocycles. The van der Waals surface area contributed by atoms with Gasteiger partial charge in [0.25, 0.3) is 5.88 Å². The third-order valence-corrected chi connectivity index (χ3v) is 4.52. The van der Waals surface area contributed by atoms with E-state index in [0.29, 0.717) is 28.5 Å². The number of pyridine rings is 1. The van der Waals surface area contributed by atoms with E-state index in [1.54, 1.807) is 49.7 Å². The first-order valence-electron chi connectivity index (χ1n) is 9.01. The van der Waals surface area contributed by atoms with Gasteiger partial charge in [-0.05, 0) is 48.0 Å². The molecular formula is C21H17ClN4O3. The molecule has 0 saturated heterocycles. The first kappa shape index (κ1) is 18.9. The van der Waals surface area contributed by atoms with E-state index in [1.807, 2.05) is 12.1 Å². The molecule has 0 aliphatic carbocycles. The number of benzene rings is 1. The van der Waals surface area contributed by atoms with E-state index in [2.05, 4.69) is 20.5 Å². The minimum absolute atomic E-state index is 0.0160. The number of nitrogens with zero attached hydrogens (tertiary/aromatic N) is 3. The Balaban J connectivity index is 1.54. The smallest absolute Gasteiger partial charge is 0.278 e. The van der Waals surface area contributed by atoms with Crippen molar-refractivity contribution in [3.8, 4) is 5.88 Å². The molecule has 0 spiro atoms. The molecule has 1 N–H and O–H groups in total. The summed E-state index contributed by atoms with van der Waals surface area (Å²) in [4.78, 5) is 15.9. The van der Waals surface area contributed by atoms with Crippen molar-refractivity contribution in [3.05, 3.63) is 71.2 Å². The maximum Gasteiger partial charge on any atom is 0.278 e. The van der Waals surface area contributed by atoms with Gasteiger partial charge in [0, 0.05) is 23.3 Å². The van der Waals surface area contributed by atoms with E-state index in [9.17, 15) is 4.79 Å². The van der Waals surface area contributed by atoms with E-state index < -0.39 is 0 Å². The Labute approximate surface area is 171 Å². The molecule has 146 valence electrons. The normalized spacial score (nSPS) is 10.8. The van der Waals surface area contributed by atoms with E-state index in [1.165, 1.54) is 0 Å². The molecule has 0 unspecified atom stereocenters. The predicted molar refractivity (Wildman–Crippen MR) is 110 cm³/mol. The quantitative estimate of drug-likeness (QED) is 0.421. The average molecular weight is 409 g/mol. The number of anilines is 2. The highest BCUT2D eigenvalue weighted by atomic mass is 35.5.